The molecule has 4 heteroatoms. The molecule has 15 heavy (non-hydrogen) atoms. The van der Waals surface area contributed by atoms with E-state index in [0.29, 0.717) is 5.69 Å². The molecule has 0 amide bonds. The molecule has 1 N–H and O–H groups in total. The van der Waals surface area contributed by atoms with Gasteiger partial charge in [-0.15, -0.1) is 0 Å². The van der Waals surface area contributed by atoms with Gasteiger partial charge in [0.15, 0.2) is 5.69 Å². The summed E-state index contributed by atoms with van der Waals surface area (Å²) >= 11 is 3.41. The highest BCUT2D eigenvalue weighted by Gasteiger charge is 2.09. The average molecular weight is 262 g/mol. The normalized spacial score (nSPS) is 9.93. The molecular formula is C11H8BrN3. The van der Waals surface area contributed by atoms with Crippen LogP contribution in [0.2, 0.25) is 0 Å². The molecule has 0 fully saturated rings. The van der Waals surface area contributed by atoms with Crippen molar-refractivity contribution in [2.24, 2.45) is 0 Å². The van der Waals surface area contributed by atoms with Gasteiger partial charge in [0, 0.05) is 10.0 Å². The molecule has 1 heterocycles. The monoisotopic (exact) mass is 261 g/mol. The Morgan fingerprint density at radius 3 is 3.00 bits per heavy atom. The molecule has 0 saturated carbocycles. The quantitative estimate of drug-likeness (QED) is 0.858. The van der Waals surface area contributed by atoms with E-state index < -0.39 is 0 Å². The summed E-state index contributed by atoms with van der Waals surface area (Å²) < 4.78 is 0.988. The number of hydrogen-bond acceptors (Lipinski definition) is 2. The lowest BCUT2D eigenvalue weighted by Gasteiger charge is -2.04. The molecule has 0 aliphatic heterocycles. The molecule has 3 nitrogen and oxygen atoms in total. The number of aromatic amines is 1. The number of halogens is 1. The summed E-state index contributed by atoms with van der Waals surface area (Å²) in [5.41, 5.74) is 3.31. The molecule has 0 saturated heterocycles. The second-order valence-corrected chi connectivity index (χ2v) is 4.11. The standard InChI is InChI=1S/C11H8BrN3/c1-7-2-3-8(12)4-9(7)11-10(5-13)14-6-15-11/h2-4,6H,1H3,(H,14,15). The topological polar surface area (TPSA) is 52.5 Å². The molecule has 0 unspecified atom stereocenters. The van der Waals surface area contributed by atoms with Gasteiger partial charge in [-0.25, -0.2) is 4.98 Å². The maximum Gasteiger partial charge on any atom is 0.166 e. The van der Waals surface area contributed by atoms with E-state index in [2.05, 4.69) is 32.0 Å². The minimum atomic E-state index is 0.427. The molecule has 1 aromatic carbocycles. The fourth-order valence-electron chi connectivity index (χ4n) is 1.45. The van der Waals surface area contributed by atoms with Crippen LogP contribution in [0.3, 0.4) is 0 Å². The molecule has 0 aliphatic carbocycles. The molecule has 0 aliphatic rings. The number of aryl methyl sites for hydroxylation is 1. The number of hydrogen-bond donors (Lipinski definition) is 1. The van der Waals surface area contributed by atoms with Gasteiger partial charge in [0.1, 0.15) is 6.07 Å². The maximum atomic E-state index is 8.88. The van der Waals surface area contributed by atoms with Crippen molar-refractivity contribution in [2.45, 2.75) is 6.92 Å². The SMILES string of the molecule is Cc1ccc(Br)cc1-c1[nH]cnc1C#N. The number of nitrogens with zero attached hydrogens (tertiary/aromatic N) is 2. The van der Waals surface area contributed by atoms with Gasteiger partial charge in [0.25, 0.3) is 0 Å². The van der Waals surface area contributed by atoms with Gasteiger partial charge in [0.2, 0.25) is 0 Å². The molecule has 2 aromatic rings. The molecule has 0 radical (unpaired) electrons. The molecule has 1 aromatic heterocycles. The van der Waals surface area contributed by atoms with E-state index in [1.807, 2.05) is 25.1 Å². The van der Waals surface area contributed by atoms with Gasteiger partial charge in [-0.2, -0.15) is 5.26 Å². The van der Waals surface area contributed by atoms with E-state index >= 15 is 0 Å². The van der Waals surface area contributed by atoms with E-state index in [9.17, 15) is 0 Å². The summed E-state index contributed by atoms with van der Waals surface area (Å²) in [6, 6.07) is 8.01. The van der Waals surface area contributed by atoms with Crippen LogP contribution >= 0.6 is 15.9 Å². The fourth-order valence-corrected chi connectivity index (χ4v) is 1.81. The van der Waals surface area contributed by atoms with Crippen molar-refractivity contribution in [3.63, 3.8) is 0 Å². The Hall–Kier alpha value is -1.60. The van der Waals surface area contributed by atoms with Crippen LogP contribution in [-0.2, 0) is 0 Å². The van der Waals surface area contributed by atoms with Crippen LogP contribution in [0.4, 0.5) is 0 Å². The first-order valence-electron chi connectivity index (χ1n) is 4.42. The van der Waals surface area contributed by atoms with Gasteiger partial charge in [-0.05, 0) is 24.6 Å². The summed E-state index contributed by atoms with van der Waals surface area (Å²) in [4.78, 5) is 6.94. The molecule has 2 rings (SSSR count). The number of H-pyrrole nitrogens is 1. The molecule has 0 atom stereocenters. The lowest BCUT2D eigenvalue weighted by molar-refractivity contribution is 1.29. The van der Waals surface area contributed by atoms with E-state index in [-0.39, 0.29) is 0 Å². The third kappa shape index (κ3) is 1.79. The Morgan fingerprint density at radius 2 is 2.27 bits per heavy atom. The number of nitriles is 1. The zero-order valence-corrected chi connectivity index (χ0v) is 9.67. The van der Waals surface area contributed by atoms with Gasteiger partial charge >= 0.3 is 0 Å². The first-order chi connectivity index (χ1) is 7.22. The Kier molecular flexibility index (Phi) is 2.57. The lowest BCUT2D eigenvalue weighted by atomic mass is 10.0. The van der Waals surface area contributed by atoms with Crippen molar-refractivity contribution in [3.05, 3.63) is 40.3 Å². The third-order valence-corrected chi connectivity index (χ3v) is 2.71. The minimum absolute atomic E-state index is 0.427. The van der Waals surface area contributed by atoms with E-state index in [4.69, 9.17) is 5.26 Å². The Bertz CT molecular complexity index is 537. The predicted octanol–water partition coefficient (Wildman–Crippen LogP) is 3.02. The second-order valence-electron chi connectivity index (χ2n) is 3.20. The Balaban J connectivity index is 2.64. The van der Waals surface area contributed by atoms with E-state index in [0.717, 1.165) is 21.3 Å². The van der Waals surface area contributed by atoms with Crippen LogP contribution in [0.15, 0.2) is 29.0 Å². The minimum Gasteiger partial charge on any atom is -0.343 e. The highest BCUT2D eigenvalue weighted by atomic mass is 79.9. The van der Waals surface area contributed by atoms with Gasteiger partial charge in [-0.3, -0.25) is 0 Å². The van der Waals surface area contributed by atoms with Crippen molar-refractivity contribution < 1.29 is 0 Å². The zero-order chi connectivity index (χ0) is 10.8. The Labute approximate surface area is 95.9 Å². The number of nitrogens with one attached hydrogen (secondary N) is 1. The van der Waals surface area contributed by atoms with Crippen LogP contribution in [0.25, 0.3) is 11.3 Å². The number of rotatable bonds is 1. The van der Waals surface area contributed by atoms with Crippen molar-refractivity contribution >= 4 is 15.9 Å². The van der Waals surface area contributed by atoms with Gasteiger partial charge in [0.05, 0.1) is 12.0 Å². The van der Waals surface area contributed by atoms with Crippen LogP contribution in [0, 0.1) is 18.3 Å². The van der Waals surface area contributed by atoms with Crippen molar-refractivity contribution in [1.29, 1.82) is 5.26 Å². The zero-order valence-electron chi connectivity index (χ0n) is 8.08. The average Bonchev–Trinajstić information content (AvgIpc) is 2.69. The van der Waals surface area contributed by atoms with E-state index in [1.54, 1.807) is 0 Å². The predicted molar refractivity (Wildman–Crippen MR) is 61.2 cm³/mol. The highest BCUT2D eigenvalue weighted by Crippen LogP contribution is 2.26. The smallest absolute Gasteiger partial charge is 0.166 e. The number of imidazole rings is 1. The number of aromatic nitrogens is 2. The van der Waals surface area contributed by atoms with Crippen molar-refractivity contribution in [3.8, 4) is 17.3 Å². The van der Waals surface area contributed by atoms with Crippen LogP contribution in [0.5, 0.6) is 0 Å². The first-order valence-corrected chi connectivity index (χ1v) is 5.21. The van der Waals surface area contributed by atoms with Crippen LogP contribution in [0.1, 0.15) is 11.3 Å². The number of benzene rings is 1. The van der Waals surface area contributed by atoms with Gasteiger partial charge < -0.3 is 4.98 Å². The maximum absolute atomic E-state index is 8.88. The fraction of sp³-hybridized carbons (Fsp3) is 0.0909. The molecule has 0 spiro atoms. The summed E-state index contributed by atoms with van der Waals surface area (Å²) in [5.74, 6) is 0. The summed E-state index contributed by atoms with van der Waals surface area (Å²) in [6.45, 7) is 2.00. The molecular weight excluding hydrogens is 254 g/mol. The highest BCUT2D eigenvalue weighted by molar-refractivity contribution is 9.10. The molecule has 0 bridgehead atoms. The van der Waals surface area contributed by atoms with Crippen molar-refractivity contribution in [1.82, 2.24) is 9.97 Å². The van der Waals surface area contributed by atoms with E-state index in [1.165, 1.54) is 6.33 Å². The first kappa shape index (κ1) is 9.94. The second kappa shape index (κ2) is 3.87. The largest absolute Gasteiger partial charge is 0.343 e. The summed E-state index contributed by atoms with van der Waals surface area (Å²) in [5, 5.41) is 8.88. The van der Waals surface area contributed by atoms with Gasteiger partial charge in [-0.1, -0.05) is 22.0 Å². The van der Waals surface area contributed by atoms with Crippen LogP contribution in [-0.4, -0.2) is 9.97 Å². The lowest BCUT2D eigenvalue weighted by Crippen LogP contribution is -1.86. The molecule has 74 valence electrons. The summed E-state index contributed by atoms with van der Waals surface area (Å²) in [7, 11) is 0. The van der Waals surface area contributed by atoms with Crippen molar-refractivity contribution in [2.75, 3.05) is 0 Å². The Morgan fingerprint density at radius 1 is 1.47 bits per heavy atom. The summed E-state index contributed by atoms with van der Waals surface area (Å²) in [6.07, 6.45) is 1.54. The third-order valence-electron chi connectivity index (χ3n) is 2.21. The van der Waals surface area contributed by atoms with Crippen LogP contribution < -0.4 is 0 Å².